The summed E-state index contributed by atoms with van der Waals surface area (Å²) in [6, 6.07) is 6.69. The van der Waals surface area contributed by atoms with Crippen LogP contribution in [0.4, 0.5) is 5.00 Å². The van der Waals surface area contributed by atoms with Crippen molar-refractivity contribution in [3.05, 3.63) is 40.4 Å². The van der Waals surface area contributed by atoms with E-state index in [1.165, 1.54) is 0 Å². The topological polar surface area (TPSA) is 75.7 Å². The molecular formula is C17H17ClIN2O4PS. The Balaban J connectivity index is 2.37. The molecule has 1 aromatic heterocycles. The van der Waals surface area contributed by atoms with E-state index in [4.69, 9.17) is 16.3 Å². The van der Waals surface area contributed by atoms with Gasteiger partial charge in [0.25, 0.3) is 5.91 Å². The zero-order valence-corrected chi connectivity index (χ0v) is 19.1. The van der Waals surface area contributed by atoms with E-state index in [1.54, 1.807) is 36.2 Å². The Morgan fingerprint density at radius 3 is 2.85 bits per heavy atom. The van der Waals surface area contributed by atoms with Gasteiger partial charge in [-0.15, -0.1) is 0 Å². The maximum atomic E-state index is 12.9. The first kappa shape index (κ1) is 22.1. The fourth-order valence-electron chi connectivity index (χ4n) is 2.29. The Bertz CT molecular complexity index is 833. The van der Waals surface area contributed by atoms with E-state index < -0.39 is 0 Å². The molecule has 0 aliphatic heterocycles. The molecule has 144 valence electrons. The van der Waals surface area contributed by atoms with Gasteiger partial charge in [0.15, 0.2) is 11.3 Å². The fraction of sp³-hybridized carbons (Fsp3) is 0.235. The molecule has 0 radical (unpaired) electrons. The molecule has 0 saturated carbocycles. The second-order valence-corrected chi connectivity index (χ2v) is 9.89. The standard InChI is InChI=1S/C17H17ClIN2O4PS/c1-21(6-3-7-26-19)16(24)14-13(9-22)17(27-15(14)20-10-23)25-12-5-2-4-11(18)8-12/h2,4-5,8-10,26H,3,6-7H2,1H3,(H,20,23). The molecule has 10 heteroatoms. The number of hydrogen-bond acceptors (Lipinski definition) is 5. The molecule has 6 nitrogen and oxygen atoms in total. The van der Waals surface area contributed by atoms with Gasteiger partial charge >= 0.3 is 0 Å². The second kappa shape index (κ2) is 10.9. The first-order valence-electron chi connectivity index (χ1n) is 7.86. The zero-order valence-electron chi connectivity index (χ0n) is 14.3. The van der Waals surface area contributed by atoms with Crippen LogP contribution in [0.15, 0.2) is 24.3 Å². The van der Waals surface area contributed by atoms with Crippen LogP contribution >= 0.6 is 51.2 Å². The molecule has 2 aromatic rings. The number of anilines is 1. The average molecular weight is 539 g/mol. The molecule has 0 saturated heterocycles. The minimum absolute atomic E-state index is 0.108. The molecule has 0 spiro atoms. The summed E-state index contributed by atoms with van der Waals surface area (Å²) in [6.07, 6.45) is 3.71. The number of amides is 2. The van der Waals surface area contributed by atoms with Crippen molar-refractivity contribution in [1.29, 1.82) is 0 Å². The van der Waals surface area contributed by atoms with E-state index in [2.05, 4.69) is 27.4 Å². The SMILES string of the molecule is CN(CCCPI)C(=O)c1c(NC=O)sc(Oc2cccc(Cl)c2)c1C=O. The molecule has 0 aliphatic carbocycles. The van der Waals surface area contributed by atoms with Crippen LogP contribution in [0, 0.1) is 0 Å². The molecule has 1 heterocycles. The van der Waals surface area contributed by atoms with Crippen molar-refractivity contribution in [3.63, 3.8) is 0 Å². The van der Waals surface area contributed by atoms with Crippen LogP contribution in [0.5, 0.6) is 10.8 Å². The number of nitrogens with one attached hydrogen (secondary N) is 1. The van der Waals surface area contributed by atoms with E-state index in [1.807, 2.05) is 0 Å². The lowest BCUT2D eigenvalue weighted by Gasteiger charge is -2.17. The first-order chi connectivity index (χ1) is 13.0. The number of carbonyl (C=O) groups is 3. The highest BCUT2D eigenvalue weighted by atomic mass is 127. The van der Waals surface area contributed by atoms with Crippen LogP contribution in [-0.4, -0.2) is 43.3 Å². The number of nitrogens with zero attached hydrogens (tertiary/aromatic N) is 1. The lowest BCUT2D eigenvalue weighted by molar-refractivity contribution is -0.105. The van der Waals surface area contributed by atoms with Gasteiger partial charge in [-0.1, -0.05) is 57.3 Å². The van der Waals surface area contributed by atoms with Gasteiger partial charge in [-0.25, -0.2) is 0 Å². The minimum Gasteiger partial charge on any atom is -0.446 e. The van der Waals surface area contributed by atoms with Crippen molar-refractivity contribution in [1.82, 2.24) is 4.90 Å². The third-order valence-electron chi connectivity index (χ3n) is 3.55. The third-order valence-corrected chi connectivity index (χ3v) is 6.96. The van der Waals surface area contributed by atoms with Crippen molar-refractivity contribution >= 4 is 74.8 Å². The molecule has 2 amide bonds. The number of ether oxygens (including phenoxy) is 1. The number of carbonyl (C=O) groups excluding carboxylic acids is 3. The van der Waals surface area contributed by atoms with Crippen LogP contribution < -0.4 is 10.1 Å². The van der Waals surface area contributed by atoms with Crippen molar-refractivity contribution in [2.45, 2.75) is 6.42 Å². The molecule has 0 bridgehead atoms. The summed E-state index contributed by atoms with van der Waals surface area (Å²) >= 11 is 9.29. The number of thiophene rings is 1. The predicted molar refractivity (Wildman–Crippen MR) is 120 cm³/mol. The quantitative estimate of drug-likeness (QED) is 0.198. The molecule has 27 heavy (non-hydrogen) atoms. The lowest BCUT2D eigenvalue weighted by Crippen LogP contribution is -2.29. The van der Waals surface area contributed by atoms with Gasteiger partial charge in [0.1, 0.15) is 10.8 Å². The van der Waals surface area contributed by atoms with Gasteiger partial charge < -0.3 is 15.0 Å². The van der Waals surface area contributed by atoms with Gasteiger partial charge in [-0.2, -0.15) is 0 Å². The second-order valence-electron chi connectivity index (χ2n) is 5.41. The monoisotopic (exact) mass is 538 g/mol. The van der Waals surface area contributed by atoms with Crippen LogP contribution in [0.25, 0.3) is 0 Å². The van der Waals surface area contributed by atoms with Crippen molar-refractivity contribution in [2.75, 3.05) is 25.1 Å². The average Bonchev–Trinajstić information content (AvgIpc) is 2.98. The van der Waals surface area contributed by atoms with Crippen molar-refractivity contribution < 1.29 is 19.1 Å². The van der Waals surface area contributed by atoms with Crippen molar-refractivity contribution in [3.8, 4) is 10.8 Å². The molecule has 0 fully saturated rings. The number of benzene rings is 1. The smallest absolute Gasteiger partial charge is 0.257 e. The Morgan fingerprint density at radius 1 is 1.44 bits per heavy atom. The van der Waals surface area contributed by atoms with Crippen LogP contribution in [0.2, 0.25) is 5.02 Å². The molecule has 1 unspecified atom stereocenters. The van der Waals surface area contributed by atoms with Crippen LogP contribution in [-0.2, 0) is 4.79 Å². The highest BCUT2D eigenvalue weighted by Gasteiger charge is 2.27. The van der Waals surface area contributed by atoms with Gasteiger partial charge in [0.05, 0.1) is 11.1 Å². The fourth-order valence-corrected chi connectivity index (χ4v) is 4.89. The van der Waals surface area contributed by atoms with Gasteiger partial charge in [0.2, 0.25) is 6.41 Å². The highest BCUT2D eigenvalue weighted by Crippen LogP contribution is 2.41. The number of rotatable bonds is 10. The summed E-state index contributed by atoms with van der Waals surface area (Å²) in [6.45, 7) is 0.563. The predicted octanol–water partition coefficient (Wildman–Crippen LogP) is 5.07. The van der Waals surface area contributed by atoms with Crippen molar-refractivity contribution in [2.24, 2.45) is 0 Å². The summed E-state index contributed by atoms with van der Waals surface area (Å²) in [5.41, 5.74) is 0.246. The van der Waals surface area contributed by atoms with E-state index in [0.29, 0.717) is 30.0 Å². The first-order valence-corrected chi connectivity index (χ1v) is 13.4. The maximum absolute atomic E-state index is 12.9. The van der Waals surface area contributed by atoms with E-state index in [0.717, 1.165) is 30.1 Å². The molecular weight excluding hydrogens is 522 g/mol. The normalized spacial score (nSPS) is 10.8. The summed E-state index contributed by atoms with van der Waals surface area (Å²) in [5.74, 6) is 0.0929. The largest absolute Gasteiger partial charge is 0.446 e. The molecule has 2 rings (SSSR count). The Morgan fingerprint density at radius 2 is 2.22 bits per heavy atom. The Kier molecular flexibility index (Phi) is 8.95. The Labute approximate surface area is 180 Å². The van der Waals surface area contributed by atoms with E-state index in [-0.39, 0.29) is 27.1 Å². The molecule has 1 N–H and O–H groups in total. The van der Waals surface area contributed by atoms with E-state index in [9.17, 15) is 14.4 Å². The van der Waals surface area contributed by atoms with E-state index >= 15 is 0 Å². The van der Waals surface area contributed by atoms with Crippen LogP contribution in [0.1, 0.15) is 27.1 Å². The molecule has 1 atom stereocenters. The number of aldehydes is 1. The van der Waals surface area contributed by atoms with Gasteiger partial charge in [-0.05, 0) is 30.8 Å². The Hall–Kier alpha value is -1.22. The summed E-state index contributed by atoms with van der Waals surface area (Å²) in [7, 11) is 1.67. The number of halogens is 2. The summed E-state index contributed by atoms with van der Waals surface area (Å²) < 4.78 is 5.75. The summed E-state index contributed by atoms with van der Waals surface area (Å²) in [4.78, 5) is 37.1. The highest BCUT2D eigenvalue weighted by molar-refractivity contribution is 14.2. The lowest BCUT2D eigenvalue weighted by atomic mass is 10.1. The van der Waals surface area contributed by atoms with Gasteiger partial charge in [-0.3, -0.25) is 14.4 Å². The molecule has 0 aliphatic rings. The number of hydrogen-bond donors (Lipinski definition) is 1. The third kappa shape index (κ3) is 5.88. The maximum Gasteiger partial charge on any atom is 0.257 e. The molecule has 1 aromatic carbocycles. The summed E-state index contributed by atoms with van der Waals surface area (Å²) in [5, 5.41) is 3.48. The van der Waals surface area contributed by atoms with Gasteiger partial charge in [0, 0.05) is 18.6 Å². The van der Waals surface area contributed by atoms with Crippen LogP contribution in [0.3, 0.4) is 0 Å². The minimum atomic E-state index is -0.338. The zero-order chi connectivity index (χ0) is 19.8.